The molecule has 0 aromatic rings. The molecule has 1 unspecified atom stereocenters. The lowest BCUT2D eigenvalue weighted by Gasteiger charge is -2.23. The van der Waals surface area contributed by atoms with Crippen molar-refractivity contribution in [1.82, 2.24) is 14.3 Å². The van der Waals surface area contributed by atoms with Gasteiger partial charge in [-0.15, -0.1) is 0 Å². The average Bonchev–Trinajstić information content (AvgIpc) is 2.66. The molecule has 1 aliphatic rings. The van der Waals surface area contributed by atoms with Crippen LogP contribution >= 0.6 is 0 Å². The lowest BCUT2D eigenvalue weighted by molar-refractivity contribution is 0.378. The van der Waals surface area contributed by atoms with Gasteiger partial charge in [-0.2, -0.15) is 12.7 Å². The fraction of sp³-hybridized carbons (Fsp3) is 1.00. The summed E-state index contributed by atoms with van der Waals surface area (Å²) in [5, 5.41) is 3.16. The highest BCUT2D eigenvalue weighted by Gasteiger charge is 2.28. The van der Waals surface area contributed by atoms with Crippen LogP contribution < -0.4 is 10.0 Å². The van der Waals surface area contributed by atoms with Crippen molar-refractivity contribution >= 4 is 10.2 Å². The Morgan fingerprint density at radius 3 is 2.67 bits per heavy atom. The quantitative estimate of drug-likeness (QED) is 0.692. The minimum absolute atomic E-state index is 0.0923. The van der Waals surface area contributed by atoms with E-state index in [2.05, 4.69) is 10.0 Å². The van der Waals surface area contributed by atoms with Gasteiger partial charge in [-0.25, -0.2) is 4.72 Å². The summed E-state index contributed by atoms with van der Waals surface area (Å²) in [6.45, 7) is 6.11. The summed E-state index contributed by atoms with van der Waals surface area (Å²) in [5.74, 6) is 0.329. The van der Waals surface area contributed by atoms with Gasteiger partial charge >= 0.3 is 0 Å². The second kappa shape index (κ2) is 5.25. The van der Waals surface area contributed by atoms with E-state index in [0.717, 1.165) is 19.5 Å². The maximum atomic E-state index is 11.8. The molecule has 5 nitrogen and oxygen atoms in total. The Kier molecular flexibility index (Phi) is 4.51. The molecule has 0 radical (unpaired) electrons. The highest BCUT2D eigenvalue weighted by molar-refractivity contribution is 7.87. The molecule has 1 saturated heterocycles. The Morgan fingerprint density at radius 1 is 1.53 bits per heavy atom. The molecule has 0 amide bonds. The molecule has 90 valence electrons. The van der Waals surface area contributed by atoms with Crippen LogP contribution in [0.1, 0.15) is 20.3 Å². The summed E-state index contributed by atoms with van der Waals surface area (Å²) in [7, 11) is -1.66. The molecule has 0 aromatic heterocycles. The van der Waals surface area contributed by atoms with Crippen molar-refractivity contribution in [2.24, 2.45) is 5.92 Å². The monoisotopic (exact) mass is 235 g/mol. The zero-order valence-electron chi connectivity index (χ0n) is 9.66. The molecule has 0 saturated carbocycles. The molecule has 0 bridgehead atoms. The zero-order chi connectivity index (χ0) is 11.5. The Labute approximate surface area is 92.4 Å². The molecule has 0 aromatic carbocycles. The van der Waals surface area contributed by atoms with Gasteiger partial charge in [0.25, 0.3) is 10.2 Å². The van der Waals surface area contributed by atoms with Crippen molar-refractivity contribution < 1.29 is 8.42 Å². The maximum absolute atomic E-state index is 11.8. The number of hydrogen-bond acceptors (Lipinski definition) is 3. The number of nitrogens with one attached hydrogen (secondary N) is 2. The van der Waals surface area contributed by atoms with E-state index in [1.807, 2.05) is 13.8 Å². The van der Waals surface area contributed by atoms with E-state index in [0.29, 0.717) is 12.5 Å². The van der Waals surface area contributed by atoms with Crippen LogP contribution in [0.15, 0.2) is 0 Å². The van der Waals surface area contributed by atoms with E-state index < -0.39 is 10.2 Å². The standard InChI is InChI=1S/C9H21N3O2S/c1-8(2)6-11-15(13,14)12(3)9-4-5-10-7-9/h8-11H,4-7H2,1-3H3. The van der Waals surface area contributed by atoms with Gasteiger partial charge in [-0.3, -0.25) is 0 Å². The third kappa shape index (κ3) is 3.71. The molecule has 15 heavy (non-hydrogen) atoms. The van der Waals surface area contributed by atoms with Crippen molar-refractivity contribution in [3.8, 4) is 0 Å². The van der Waals surface area contributed by atoms with E-state index in [1.54, 1.807) is 7.05 Å². The largest absolute Gasteiger partial charge is 0.315 e. The molecule has 1 heterocycles. The highest BCUT2D eigenvalue weighted by atomic mass is 32.2. The van der Waals surface area contributed by atoms with Gasteiger partial charge in [-0.1, -0.05) is 13.8 Å². The van der Waals surface area contributed by atoms with Crippen molar-refractivity contribution in [2.75, 3.05) is 26.7 Å². The van der Waals surface area contributed by atoms with E-state index >= 15 is 0 Å². The molecule has 0 aliphatic carbocycles. The number of hydrogen-bond donors (Lipinski definition) is 2. The van der Waals surface area contributed by atoms with Gasteiger partial charge in [0.05, 0.1) is 0 Å². The third-order valence-corrected chi connectivity index (χ3v) is 4.19. The number of nitrogens with zero attached hydrogens (tertiary/aromatic N) is 1. The summed E-state index contributed by atoms with van der Waals surface area (Å²) in [6, 6.07) is 0.0923. The van der Waals surface area contributed by atoms with Gasteiger partial charge in [0.1, 0.15) is 0 Å². The van der Waals surface area contributed by atoms with Gasteiger partial charge in [0, 0.05) is 26.2 Å². The van der Waals surface area contributed by atoms with Crippen LogP contribution in [-0.4, -0.2) is 45.4 Å². The van der Waals surface area contributed by atoms with Crippen LogP contribution in [0.5, 0.6) is 0 Å². The lowest BCUT2D eigenvalue weighted by Crippen LogP contribution is -2.45. The van der Waals surface area contributed by atoms with Crippen LogP contribution in [0, 0.1) is 5.92 Å². The van der Waals surface area contributed by atoms with Crippen LogP contribution in [-0.2, 0) is 10.2 Å². The second-order valence-corrected chi connectivity index (χ2v) is 6.22. The Morgan fingerprint density at radius 2 is 2.20 bits per heavy atom. The zero-order valence-corrected chi connectivity index (χ0v) is 10.5. The molecule has 1 rings (SSSR count). The first-order valence-corrected chi connectivity index (χ1v) is 6.81. The third-order valence-electron chi connectivity index (χ3n) is 2.60. The van der Waals surface area contributed by atoms with Gasteiger partial charge in [-0.05, 0) is 18.9 Å². The van der Waals surface area contributed by atoms with Gasteiger partial charge < -0.3 is 5.32 Å². The molecule has 2 N–H and O–H groups in total. The van der Waals surface area contributed by atoms with E-state index in [4.69, 9.17) is 0 Å². The lowest BCUT2D eigenvalue weighted by atomic mass is 10.2. The fourth-order valence-corrected chi connectivity index (χ4v) is 2.84. The minimum atomic E-state index is -3.30. The van der Waals surface area contributed by atoms with Gasteiger partial charge in [0.15, 0.2) is 0 Å². The van der Waals surface area contributed by atoms with E-state index in [9.17, 15) is 8.42 Å². The van der Waals surface area contributed by atoms with Crippen LogP contribution in [0.2, 0.25) is 0 Å². The second-order valence-electron chi connectivity index (χ2n) is 4.41. The predicted octanol–water partition coefficient (Wildman–Crippen LogP) is -0.229. The van der Waals surface area contributed by atoms with E-state index in [1.165, 1.54) is 4.31 Å². The predicted molar refractivity (Wildman–Crippen MR) is 60.8 cm³/mol. The van der Waals surface area contributed by atoms with Crippen LogP contribution in [0.3, 0.4) is 0 Å². The van der Waals surface area contributed by atoms with Crippen molar-refractivity contribution in [1.29, 1.82) is 0 Å². The highest BCUT2D eigenvalue weighted by Crippen LogP contribution is 2.09. The summed E-state index contributed by atoms with van der Waals surface area (Å²) >= 11 is 0. The summed E-state index contributed by atoms with van der Waals surface area (Å²) in [4.78, 5) is 0. The van der Waals surface area contributed by atoms with Crippen LogP contribution in [0.4, 0.5) is 0 Å². The molecule has 1 atom stereocenters. The van der Waals surface area contributed by atoms with Crippen molar-refractivity contribution in [3.05, 3.63) is 0 Å². The maximum Gasteiger partial charge on any atom is 0.279 e. The van der Waals surface area contributed by atoms with Crippen molar-refractivity contribution in [2.45, 2.75) is 26.3 Å². The molecular weight excluding hydrogens is 214 g/mol. The minimum Gasteiger partial charge on any atom is -0.315 e. The summed E-state index contributed by atoms with van der Waals surface area (Å²) in [5.41, 5.74) is 0. The average molecular weight is 235 g/mol. The smallest absolute Gasteiger partial charge is 0.279 e. The molecule has 6 heteroatoms. The topological polar surface area (TPSA) is 61.4 Å². The summed E-state index contributed by atoms with van der Waals surface area (Å²) < 4.78 is 27.7. The normalized spacial score (nSPS) is 22.9. The van der Waals surface area contributed by atoms with Crippen molar-refractivity contribution in [3.63, 3.8) is 0 Å². The Hall–Kier alpha value is -0.170. The molecule has 0 spiro atoms. The molecule has 1 fully saturated rings. The van der Waals surface area contributed by atoms with Gasteiger partial charge in [0.2, 0.25) is 0 Å². The number of rotatable bonds is 5. The van der Waals surface area contributed by atoms with Crippen LogP contribution in [0.25, 0.3) is 0 Å². The first kappa shape index (κ1) is 12.9. The molecular formula is C9H21N3O2S. The Bertz CT molecular complexity index is 284. The molecule has 1 aliphatic heterocycles. The first-order valence-electron chi connectivity index (χ1n) is 5.37. The Balaban J connectivity index is 2.52. The van der Waals surface area contributed by atoms with E-state index in [-0.39, 0.29) is 6.04 Å². The SMILES string of the molecule is CC(C)CNS(=O)(=O)N(C)C1CCNC1. The summed E-state index contributed by atoms with van der Waals surface area (Å²) in [6.07, 6.45) is 0.888. The number of likely N-dealkylation sites (N-methyl/N-ethyl adjacent to an activating group) is 1. The fourth-order valence-electron chi connectivity index (χ4n) is 1.52. The first-order chi connectivity index (χ1) is 6.93.